The van der Waals surface area contributed by atoms with Gasteiger partial charge >= 0.3 is 0 Å². The molecule has 4 rings (SSSR count). The Morgan fingerprint density at radius 3 is 3.00 bits per heavy atom. The van der Waals surface area contributed by atoms with Crippen LogP contribution in [0, 0.1) is 0 Å². The van der Waals surface area contributed by atoms with Crippen LogP contribution in [0.4, 0.5) is 0 Å². The third kappa shape index (κ3) is 2.68. The van der Waals surface area contributed by atoms with Crippen molar-refractivity contribution in [1.29, 1.82) is 0 Å². The van der Waals surface area contributed by atoms with Crippen LogP contribution in [-0.4, -0.2) is 29.4 Å². The highest BCUT2D eigenvalue weighted by Crippen LogP contribution is 2.22. The molecule has 0 aromatic carbocycles. The van der Waals surface area contributed by atoms with Crippen molar-refractivity contribution >= 4 is 0 Å². The first-order valence-electron chi connectivity index (χ1n) is 7.97. The number of aliphatic hydroxyl groups excluding tert-OH is 1. The molecule has 1 aliphatic heterocycles. The first kappa shape index (κ1) is 14.2. The van der Waals surface area contributed by atoms with E-state index in [-0.39, 0.29) is 6.61 Å². The second-order valence-corrected chi connectivity index (χ2v) is 5.80. The van der Waals surface area contributed by atoms with Gasteiger partial charge in [0.25, 0.3) is 0 Å². The number of furan rings is 1. The lowest BCUT2D eigenvalue weighted by atomic mass is 10.2. The van der Waals surface area contributed by atoms with E-state index in [4.69, 9.17) is 9.52 Å². The maximum Gasteiger partial charge on any atom is 0.176 e. The summed E-state index contributed by atoms with van der Waals surface area (Å²) < 4.78 is 9.83. The third-order valence-electron chi connectivity index (χ3n) is 4.25. The molecule has 3 aromatic rings. The maximum atomic E-state index is 9.14. The lowest BCUT2D eigenvalue weighted by molar-refractivity contribution is 0.248. The Kier molecular flexibility index (Phi) is 3.70. The average Bonchev–Trinajstić information content (AvgIpc) is 3.26. The van der Waals surface area contributed by atoms with Gasteiger partial charge in [-0.15, -0.1) is 10.2 Å². The van der Waals surface area contributed by atoms with Gasteiger partial charge in [-0.1, -0.05) is 6.42 Å². The summed E-state index contributed by atoms with van der Waals surface area (Å²) in [6.45, 7) is 1.48. The first-order valence-corrected chi connectivity index (χ1v) is 7.97. The zero-order valence-electron chi connectivity index (χ0n) is 12.9. The predicted molar refractivity (Wildman–Crippen MR) is 82.5 cm³/mol. The number of aliphatic hydroxyl groups is 1. The van der Waals surface area contributed by atoms with Crippen LogP contribution >= 0.6 is 0 Å². The fourth-order valence-corrected chi connectivity index (χ4v) is 3.06. The van der Waals surface area contributed by atoms with Gasteiger partial charge < -0.3 is 18.7 Å². The van der Waals surface area contributed by atoms with Crippen LogP contribution < -0.4 is 0 Å². The minimum absolute atomic E-state index is 0.113. The Balaban J connectivity index is 1.63. The number of rotatable bonds is 4. The van der Waals surface area contributed by atoms with Crippen molar-refractivity contribution in [3.05, 3.63) is 41.9 Å². The van der Waals surface area contributed by atoms with Gasteiger partial charge in [-0.05, 0) is 25.0 Å². The molecule has 1 aliphatic rings. The van der Waals surface area contributed by atoms with E-state index in [1.165, 1.54) is 19.3 Å². The van der Waals surface area contributed by atoms with Gasteiger partial charge in [0.2, 0.25) is 0 Å². The average molecular weight is 313 g/mol. The van der Waals surface area contributed by atoms with Crippen LogP contribution in [0.3, 0.4) is 0 Å². The van der Waals surface area contributed by atoms with E-state index in [1.807, 2.05) is 16.8 Å². The van der Waals surface area contributed by atoms with Crippen LogP contribution in [0.15, 0.2) is 28.9 Å². The molecule has 4 heterocycles. The molecule has 0 spiro atoms. The number of imidazole rings is 1. The molecule has 0 atom stereocenters. The molecule has 0 saturated heterocycles. The molecule has 0 amide bonds. The standard InChI is InChI=1S/C16H19N5O2/c22-11-12-5-6-13(23-12)16-17-7-9-20(16)10-15-19-18-14-4-2-1-3-8-21(14)15/h5-7,9,22H,1-4,8,10-11H2. The van der Waals surface area contributed by atoms with Crippen molar-refractivity contribution in [3.8, 4) is 11.6 Å². The zero-order chi connectivity index (χ0) is 15.6. The van der Waals surface area contributed by atoms with E-state index in [9.17, 15) is 0 Å². The molecular formula is C16H19N5O2. The summed E-state index contributed by atoms with van der Waals surface area (Å²) in [7, 11) is 0. The highest BCUT2D eigenvalue weighted by atomic mass is 16.4. The smallest absolute Gasteiger partial charge is 0.176 e. The molecule has 23 heavy (non-hydrogen) atoms. The zero-order valence-corrected chi connectivity index (χ0v) is 12.9. The number of fused-ring (bicyclic) bond motifs is 1. The summed E-state index contributed by atoms with van der Waals surface area (Å²) in [5.41, 5.74) is 0. The van der Waals surface area contributed by atoms with Crippen molar-refractivity contribution in [1.82, 2.24) is 24.3 Å². The van der Waals surface area contributed by atoms with Crippen molar-refractivity contribution in [3.63, 3.8) is 0 Å². The molecule has 0 aliphatic carbocycles. The topological polar surface area (TPSA) is 81.9 Å². The molecular weight excluding hydrogens is 294 g/mol. The lowest BCUT2D eigenvalue weighted by Crippen LogP contribution is -2.10. The summed E-state index contributed by atoms with van der Waals surface area (Å²) >= 11 is 0. The molecule has 7 nitrogen and oxygen atoms in total. The fourth-order valence-electron chi connectivity index (χ4n) is 3.06. The van der Waals surface area contributed by atoms with Gasteiger partial charge in [0, 0.05) is 25.4 Å². The number of hydrogen-bond acceptors (Lipinski definition) is 5. The van der Waals surface area contributed by atoms with Gasteiger partial charge in [0.1, 0.15) is 18.2 Å². The Morgan fingerprint density at radius 2 is 2.13 bits per heavy atom. The maximum absolute atomic E-state index is 9.14. The molecule has 120 valence electrons. The molecule has 1 N–H and O–H groups in total. The summed E-state index contributed by atoms with van der Waals surface area (Å²) in [4.78, 5) is 4.38. The highest BCUT2D eigenvalue weighted by Gasteiger charge is 2.17. The summed E-state index contributed by atoms with van der Waals surface area (Å²) in [5, 5.41) is 17.8. The Hall–Kier alpha value is -2.41. The van der Waals surface area contributed by atoms with Crippen LogP contribution in [0.5, 0.6) is 0 Å². The summed E-state index contributed by atoms with van der Waals surface area (Å²) in [6.07, 6.45) is 8.26. The van der Waals surface area contributed by atoms with E-state index in [1.54, 1.807) is 12.3 Å². The van der Waals surface area contributed by atoms with E-state index in [0.717, 1.165) is 30.4 Å². The number of aromatic nitrogens is 5. The van der Waals surface area contributed by atoms with Crippen molar-refractivity contribution in [2.75, 3.05) is 0 Å². The van der Waals surface area contributed by atoms with Crippen molar-refractivity contribution in [2.24, 2.45) is 0 Å². The number of hydrogen-bond donors (Lipinski definition) is 1. The summed E-state index contributed by atoms with van der Waals surface area (Å²) in [5.74, 6) is 3.95. The van der Waals surface area contributed by atoms with E-state index < -0.39 is 0 Å². The largest absolute Gasteiger partial charge is 0.455 e. The van der Waals surface area contributed by atoms with E-state index in [0.29, 0.717) is 18.1 Å². The second-order valence-electron chi connectivity index (χ2n) is 5.80. The third-order valence-corrected chi connectivity index (χ3v) is 4.25. The van der Waals surface area contributed by atoms with Crippen LogP contribution in [-0.2, 0) is 26.1 Å². The molecule has 0 bridgehead atoms. The highest BCUT2D eigenvalue weighted by molar-refractivity contribution is 5.48. The monoisotopic (exact) mass is 313 g/mol. The molecule has 0 radical (unpaired) electrons. The summed E-state index contributed by atoms with van der Waals surface area (Å²) in [6, 6.07) is 3.59. The van der Waals surface area contributed by atoms with Gasteiger partial charge in [0.05, 0.1) is 6.54 Å². The van der Waals surface area contributed by atoms with Crippen LogP contribution in [0.25, 0.3) is 11.6 Å². The van der Waals surface area contributed by atoms with E-state index in [2.05, 4.69) is 19.7 Å². The van der Waals surface area contributed by atoms with E-state index >= 15 is 0 Å². The first-order chi connectivity index (χ1) is 11.3. The molecule has 3 aromatic heterocycles. The number of nitrogens with zero attached hydrogens (tertiary/aromatic N) is 5. The van der Waals surface area contributed by atoms with Crippen LogP contribution in [0.1, 0.15) is 36.7 Å². The molecule has 0 saturated carbocycles. The Labute approximate surface area is 133 Å². The van der Waals surface area contributed by atoms with Crippen molar-refractivity contribution in [2.45, 2.75) is 45.4 Å². The number of aryl methyl sites for hydroxylation is 1. The molecule has 0 fully saturated rings. The lowest BCUT2D eigenvalue weighted by Gasteiger charge is -2.09. The quantitative estimate of drug-likeness (QED) is 0.796. The second kappa shape index (κ2) is 6.00. The fraction of sp³-hybridized carbons (Fsp3) is 0.438. The van der Waals surface area contributed by atoms with Gasteiger partial charge in [0.15, 0.2) is 17.4 Å². The van der Waals surface area contributed by atoms with Gasteiger partial charge in [-0.2, -0.15) is 0 Å². The SMILES string of the molecule is OCc1ccc(-c2nccn2Cc2nnc3n2CCCCC3)o1. The van der Waals surface area contributed by atoms with Gasteiger partial charge in [-0.25, -0.2) is 4.98 Å². The minimum Gasteiger partial charge on any atom is -0.455 e. The van der Waals surface area contributed by atoms with Gasteiger partial charge in [-0.3, -0.25) is 0 Å². The van der Waals surface area contributed by atoms with Crippen LogP contribution in [0.2, 0.25) is 0 Å². The van der Waals surface area contributed by atoms with Crippen molar-refractivity contribution < 1.29 is 9.52 Å². The predicted octanol–water partition coefficient (Wildman–Crippen LogP) is 2.00. The normalized spacial score (nSPS) is 14.7. The minimum atomic E-state index is -0.113. The molecule has 0 unspecified atom stereocenters. The Bertz CT molecular complexity index is 801. The Morgan fingerprint density at radius 1 is 1.17 bits per heavy atom. The molecule has 7 heteroatoms.